The topological polar surface area (TPSA) is 65.0 Å². The first-order valence-electron chi connectivity index (χ1n) is 4.83. The fraction of sp³-hybridized carbons (Fsp3) is 0.250. The van der Waals surface area contributed by atoms with Crippen molar-refractivity contribution in [2.45, 2.75) is 0 Å². The Balaban J connectivity index is 0.00000289. The number of hydrogen-bond donors (Lipinski definition) is 1. The minimum Gasteiger partial charge on any atom is -0.493 e. The summed E-state index contributed by atoms with van der Waals surface area (Å²) in [6.07, 6.45) is 2.49. The molecule has 0 aromatic heterocycles. The average molecular weight is 275 g/mol. The van der Waals surface area contributed by atoms with Crippen LogP contribution in [0.25, 0.3) is 6.08 Å². The van der Waals surface area contributed by atoms with E-state index in [2.05, 4.69) is 0 Å². The van der Waals surface area contributed by atoms with Gasteiger partial charge in [0.05, 0.1) is 21.3 Å². The molecular formula is C12H15ClO5. The van der Waals surface area contributed by atoms with Crippen molar-refractivity contribution >= 4 is 24.5 Å². The quantitative estimate of drug-likeness (QED) is 0.834. The van der Waals surface area contributed by atoms with Crippen molar-refractivity contribution in [1.82, 2.24) is 0 Å². The molecule has 0 saturated carbocycles. The molecule has 0 bridgehead atoms. The van der Waals surface area contributed by atoms with Crippen LogP contribution in [-0.4, -0.2) is 32.4 Å². The Hall–Kier alpha value is -1.88. The normalized spacial score (nSPS) is 9.72. The molecule has 0 radical (unpaired) electrons. The van der Waals surface area contributed by atoms with Crippen LogP contribution in [0.15, 0.2) is 18.2 Å². The summed E-state index contributed by atoms with van der Waals surface area (Å²) in [5.74, 6) is 0.426. The molecule has 1 aromatic rings. The van der Waals surface area contributed by atoms with Crippen molar-refractivity contribution in [2.75, 3.05) is 21.3 Å². The van der Waals surface area contributed by atoms with E-state index in [0.29, 0.717) is 22.8 Å². The van der Waals surface area contributed by atoms with Gasteiger partial charge in [-0.3, -0.25) is 0 Å². The lowest BCUT2D eigenvalue weighted by atomic mass is 10.1. The third-order valence-corrected chi connectivity index (χ3v) is 2.11. The average Bonchev–Trinajstić information content (AvgIpc) is 2.34. The molecule has 100 valence electrons. The number of carboxylic acids is 1. The summed E-state index contributed by atoms with van der Waals surface area (Å²) >= 11 is 0. The molecule has 0 heterocycles. The smallest absolute Gasteiger partial charge is 0.328 e. The fourth-order valence-corrected chi connectivity index (χ4v) is 1.37. The molecule has 0 aliphatic heterocycles. The number of halogens is 1. The van der Waals surface area contributed by atoms with Gasteiger partial charge >= 0.3 is 5.97 Å². The van der Waals surface area contributed by atoms with Gasteiger partial charge in [0.25, 0.3) is 0 Å². The lowest BCUT2D eigenvalue weighted by Gasteiger charge is -2.12. The minimum atomic E-state index is -1.02. The van der Waals surface area contributed by atoms with Crippen LogP contribution in [0.3, 0.4) is 0 Å². The maximum Gasteiger partial charge on any atom is 0.328 e. The summed E-state index contributed by atoms with van der Waals surface area (Å²) in [7, 11) is 4.51. The van der Waals surface area contributed by atoms with E-state index >= 15 is 0 Å². The Morgan fingerprint density at radius 1 is 1.11 bits per heavy atom. The van der Waals surface area contributed by atoms with Gasteiger partial charge in [0.15, 0.2) is 11.5 Å². The highest BCUT2D eigenvalue weighted by molar-refractivity contribution is 5.86. The van der Waals surface area contributed by atoms with Crippen molar-refractivity contribution in [3.63, 3.8) is 0 Å². The van der Waals surface area contributed by atoms with Crippen molar-refractivity contribution in [2.24, 2.45) is 0 Å². The van der Waals surface area contributed by atoms with Gasteiger partial charge in [0.1, 0.15) is 0 Å². The molecule has 5 nitrogen and oxygen atoms in total. The lowest BCUT2D eigenvalue weighted by Crippen LogP contribution is -1.95. The first-order chi connectivity index (χ1) is 8.12. The van der Waals surface area contributed by atoms with E-state index in [-0.39, 0.29) is 12.4 Å². The van der Waals surface area contributed by atoms with E-state index in [9.17, 15) is 4.79 Å². The van der Waals surface area contributed by atoms with Gasteiger partial charge in [-0.1, -0.05) is 0 Å². The Kier molecular flexibility index (Phi) is 6.67. The van der Waals surface area contributed by atoms with Crippen LogP contribution in [-0.2, 0) is 4.79 Å². The molecule has 0 unspecified atom stereocenters. The van der Waals surface area contributed by atoms with E-state index in [0.717, 1.165) is 6.08 Å². The highest BCUT2D eigenvalue weighted by Crippen LogP contribution is 2.38. The highest BCUT2D eigenvalue weighted by Gasteiger charge is 2.11. The van der Waals surface area contributed by atoms with Crippen molar-refractivity contribution < 1.29 is 24.1 Å². The zero-order valence-corrected chi connectivity index (χ0v) is 11.1. The predicted octanol–water partition coefficient (Wildman–Crippen LogP) is 2.23. The van der Waals surface area contributed by atoms with Crippen LogP contribution in [0.5, 0.6) is 17.2 Å². The standard InChI is InChI=1S/C12H14O5.ClH/c1-15-9-6-8(4-5-11(13)14)7-10(16-2)12(9)17-3;/h4-7H,1-3H3,(H,13,14);1H. The van der Waals surface area contributed by atoms with Gasteiger partial charge in [0.2, 0.25) is 5.75 Å². The number of benzene rings is 1. The van der Waals surface area contributed by atoms with E-state index in [1.54, 1.807) is 12.1 Å². The second-order valence-electron chi connectivity index (χ2n) is 3.13. The summed E-state index contributed by atoms with van der Waals surface area (Å²) in [4.78, 5) is 10.4. The summed E-state index contributed by atoms with van der Waals surface area (Å²) in [6.45, 7) is 0. The first-order valence-corrected chi connectivity index (χ1v) is 4.83. The van der Waals surface area contributed by atoms with Crippen LogP contribution in [0.4, 0.5) is 0 Å². The molecule has 0 aliphatic rings. The number of methoxy groups -OCH3 is 3. The van der Waals surface area contributed by atoms with Gasteiger partial charge in [-0.2, -0.15) is 0 Å². The van der Waals surface area contributed by atoms with Crippen LogP contribution in [0.2, 0.25) is 0 Å². The van der Waals surface area contributed by atoms with Gasteiger partial charge in [0, 0.05) is 6.08 Å². The molecule has 18 heavy (non-hydrogen) atoms. The maximum atomic E-state index is 10.4. The molecule has 0 spiro atoms. The summed E-state index contributed by atoms with van der Waals surface area (Å²) in [6, 6.07) is 3.33. The first kappa shape index (κ1) is 16.1. The van der Waals surface area contributed by atoms with Gasteiger partial charge in [-0.15, -0.1) is 12.4 Å². The van der Waals surface area contributed by atoms with E-state index < -0.39 is 5.97 Å². The highest BCUT2D eigenvalue weighted by atomic mass is 35.5. The number of carbonyl (C=O) groups is 1. The predicted molar refractivity (Wildman–Crippen MR) is 70.0 cm³/mol. The Morgan fingerprint density at radius 2 is 1.61 bits per heavy atom. The number of aliphatic carboxylic acids is 1. The molecule has 6 heteroatoms. The zero-order valence-electron chi connectivity index (χ0n) is 10.3. The monoisotopic (exact) mass is 274 g/mol. The second kappa shape index (κ2) is 7.45. The third kappa shape index (κ3) is 3.85. The Labute approximate surface area is 111 Å². The van der Waals surface area contributed by atoms with Gasteiger partial charge < -0.3 is 19.3 Å². The summed E-state index contributed by atoms with van der Waals surface area (Å²) in [5, 5.41) is 8.55. The van der Waals surface area contributed by atoms with Crippen LogP contribution >= 0.6 is 12.4 Å². The molecule has 0 aliphatic carbocycles. The number of hydrogen-bond acceptors (Lipinski definition) is 4. The summed E-state index contributed by atoms with van der Waals surface area (Å²) < 4.78 is 15.4. The number of ether oxygens (including phenoxy) is 3. The SMILES string of the molecule is COc1cc(C=CC(=O)O)cc(OC)c1OC.Cl. The molecule has 0 atom stereocenters. The maximum absolute atomic E-state index is 10.4. The molecular weight excluding hydrogens is 260 g/mol. The lowest BCUT2D eigenvalue weighted by molar-refractivity contribution is -0.131. The Morgan fingerprint density at radius 3 is 1.94 bits per heavy atom. The van der Waals surface area contributed by atoms with E-state index in [1.807, 2.05) is 0 Å². The van der Waals surface area contributed by atoms with Crippen molar-refractivity contribution in [3.05, 3.63) is 23.8 Å². The molecule has 1 rings (SSSR count). The van der Waals surface area contributed by atoms with Gasteiger partial charge in [-0.05, 0) is 23.8 Å². The largest absolute Gasteiger partial charge is 0.493 e. The molecule has 0 saturated heterocycles. The summed E-state index contributed by atoms with van der Waals surface area (Å²) in [5.41, 5.74) is 0.655. The molecule has 1 N–H and O–H groups in total. The minimum absolute atomic E-state index is 0. The van der Waals surface area contributed by atoms with Crippen molar-refractivity contribution in [3.8, 4) is 17.2 Å². The Bertz CT molecular complexity index is 417. The van der Waals surface area contributed by atoms with Crippen LogP contribution < -0.4 is 14.2 Å². The van der Waals surface area contributed by atoms with Crippen LogP contribution in [0.1, 0.15) is 5.56 Å². The second-order valence-corrected chi connectivity index (χ2v) is 3.13. The zero-order chi connectivity index (χ0) is 12.8. The van der Waals surface area contributed by atoms with Crippen LogP contribution in [0, 0.1) is 0 Å². The van der Waals surface area contributed by atoms with E-state index in [4.69, 9.17) is 19.3 Å². The van der Waals surface area contributed by atoms with E-state index in [1.165, 1.54) is 27.4 Å². The third-order valence-electron chi connectivity index (χ3n) is 2.11. The number of carboxylic acid groups (broad SMARTS) is 1. The fourth-order valence-electron chi connectivity index (χ4n) is 1.37. The molecule has 0 amide bonds. The molecule has 1 aromatic carbocycles. The van der Waals surface area contributed by atoms with Crippen molar-refractivity contribution in [1.29, 1.82) is 0 Å². The van der Waals surface area contributed by atoms with Gasteiger partial charge in [-0.25, -0.2) is 4.79 Å². The molecule has 0 fully saturated rings. The number of rotatable bonds is 5.